The summed E-state index contributed by atoms with van der Waals surface area (Å²) < 4.78 is 27.5. The molecule has 3 aromatic carbocycles. The van der Waals surface area contributed by atoms with Gasteiger partial charge in [-0.2, -0.15) is 0 Å². The number of benzene rings is 3. The molecule has 0 aromatic heterocycles. The Morgan fingerprint density at radius 3 is 2.22 bits per heavy atom. The van der Waals surface area contributed by atoms with Crippen molar-refractivity contribution in [1.29, 1.82) is 0 Å². The second-order valence-corrected chi connectivity index (χ2v) is 13.8. The second-order valence-electron chi connectivity index (χ2n) is 13.8. The summed E-state index contributed by atoms with van der Waals surface area (Å²) in [4.78, 5) is 26.9. The fourth-order valence-electron chi connectivity index (χ4n) is 5.97. The van der Waals surface area contributed by atoms with E-state index in [0.29, 0.717) is 30.6 Å². The van der Waals surface area contributed by atoms with Crippen LogP contribution in [-0.4, -0.2) is 40.8 Å². The molecule has 0 radical (unpaired) electrons. The summed E-state index contributed by atoms with van der Waals surface area (Å²) in [5, 5.41) is 10.0. The van der Waals surface area contributed by atoms with Crippen molar-refractivity contribution in [2.24, 2.45) is 5.41 Å². The van der Waals surface area contributed by atoms with Crippen molar-refractivity contribution in [1.82, 2.24) is 4.90 Å². The molecule has 7 heteroatoms. The first-order valence-corrected chi connectivity index (χ1v) is 16.0. The fraction of sp³-hybridized carbons (Fsp3) is 0.421. The number of aromatic hydroxyl groups is 1. The standard InChI is InChI=1S/C38H44FNO5/c1-37(2,3)35(42)44-29-16-18-30-27(24-29)9-8-10-32(34(30)26-12-14-28(41)15-13-26)31-17-11-25(23-33(31)39)19-20-38(4,5)45-36(43)40-21-6-7-22-40/h11-18,23-24,41H,6-10,19-22H2,1-5H3. The Bertz CT molecular complexity index is 1590. The molecule has 45 heavy (non-hydrogen) atoms. The van der Waals surface area contributed by atoms with Gasteiger partial charge in [0, 0.05) is 18.7 Å². The van der Waals surface area contributed by atoms with Crippen LogP contribution in [0.4, 0.5) is 9.18 Å². The van der Waals surface area contributed by atoms with Gasteiger partial charge < -0.3 is 19.5 Å². The molecule has 6 nitrogen and oxygen atoms in total. The number of hydrogen-bond acceptors (Lipinski definition) is 5. The third-order valence-corrected chi connectivity index (χ3v) is 8.60. The molecule has 0 atom stereocenters. The average molecular weight is 614 g/mol. The molecule has 0 unspecified atom stereocenters. The lowest BCUT2D eigenvalue weighted by atomic mass is 9.87. The molecule has 238 valence electrons. The van der Waals surface area contributed by atoms with Gasteiger partial charge >= 0.3 is 12.1 Å². The summed E-state index contributed by atoms with van der Waals surface area (Å²) in [7, 11) is 0. The number of amides is 1. The average Bonchev–Trinajstić information content (AvgIpc) is 3.46. The molecule has 1 amide bonds. The molecule has 0 saturated carbocycles. The van der Waals surface area contributed by atoms with Crippen LogP contribution in [0.15, 0.2) is 60.7 Å². The van der Waals surface area contributed by atoms with Gasteiger partial charge in [-0.05, 0) is 143 Å². The number of phenols is 1. The monoisotopic (exact) mass is 613 g/mol. The molecular weight excluding hydrogens is 569 g/mol. The summed E-state index contributed by atoms with van der Waals surface area (Å²) in [5.74, 6) is 0.0432. The maximum absolute atomic E-state index is 16.0. The quantitative estimate of drug-likeness (QED) is 0.213. The van der Waals surface area contributed by atoms with Crippen molar-refractivity contribution < 1.29 is 28.6 Å². The van der Waals surface area contributed by atoms with E-state index in [1.807, 2.05) is 71.0 Å². The van der Waals surface area contributed by atoms with Gasteiger partial charge in [-0.1, -0.05) is 30.3 Å². The number of carbonyl (C=O) groups is 2. The fourth-order valence-corrected chi connectivity index (χ4v) is 5.97. The molecule has 1 saturated heterocycles. The summed E-state index contributed by atoms with van der Waals surface area (Å²) in [6.45, 7) is 10.7. The van der Waals surface area contributed by atoms with E-state index in [4.69, 9.17) is 9.47 Å². The number of aryl methyl sites for hydroxylation is 2. The van der Waals surface area contributed by atoms with E-state index < -0.39 is 11.0 Å². The van der Waals surface area contributed by atoms with Gasteiger partial charge in [0.15, 0.2) is 0 Å². The van der Waals surface area contributed by atoms with Crippen LogP contribution in [-0.2, 0) is 22.4 Å². The predicted molar refractivity (Wildman–Crippen MR) is 175 cm³/mol. The van der Waals surface area contributed by atoms with Crippen molar-refractivity contribution >= 4 is 23.2 Å². The van der Waals surface area contributed by atoms with Crippen molar-refractivity contribution in [3.05, 3.63) is 94.3 Å². The van der Waals surface area contributed by atoms with E-state index in [-0.39, 0.29) is 23.6 Å². The van der Waals surface area contributed by atoms with Crippen LogP contribution in [0.3, 0.4) is 0 Å². The van der Waals surface area contributed by atoms with Crippen molar-refractivity contribution in [3.63, 3.8) is 0 Å². The third kappa shape index (κ3) is 7.75. The summed E-state index contributed by atoms with van der Waals surface area (Å²) in [5.41, 5.74) is 4.72. The minimum Gasteiger partial charge on any atom is -0.508 e. The van der Waals surface area contributed by atoms with E-state index in [0.717, 1.165) is 72.2 Å². The molecule has 2 aliphatic rings. The maximum atomic E-state index is 16.0. The summed E-state index contributed by atoms with van der Waals surface area (Å²) in [6, 6.07) is 18.1. The largest absolute Gasteiger partial charge is 0.508 e. The van der Waals surface area contributed by atoms with Crippen molar-refractivity contribution in [2.45, 2.75) is 85.2 Å². The lowest BCUT2D eigenvalue weighted by Gasteiger charge is -2.28. The van der Waals surface area contributed by atoms with Crippen LogP contribution in [0.1, 0.15) is 94.5 Å². The zero-order valence-corrected chi connectivity index (χ0v) is 27.0. The zero-order chi connectivity index (χ0) is 32.4. The van der Waals surface area contributed by atoms with E-state index >= 15 is 4.39 Å². The number of phenolic OH excluding ortho intramolecular Hbond substituents is 1. The molecule has 0 spiro atoms. The van der Waals surface area contributed by atoms with Crippen LogP contribution < -0.4 is 4.74 Å². The number of ether oxygens (including phenoxy) is 2. The van der Waals surface area contributed by atoms with E-state index in [2.05, 4.69) is 0 Å². The molecule has 5 rings (SSSR count). The van der Waals surface area contributed by atoms with Gasteiger partial charge in [-0.3, -0.25) is 4.79 Å². The molecule has 1 N–H and O–H groups in total. The predicted octanol–water partition coefficient (Wildman–Crippen LogP) is 8.72. The van der Waals surface area contributed by atoms with Gasteiger partial charge in [-0.25, -0.2) is 9.18 Å². The van der Waals surface area contributed by atoms with Gasteiger partial charge in [0.05, 0.1) is 5.41 Å². The molecule has 1 aliphatic carbocycles. The molecular formula is C38H44FNO5. The van der Waals surface area contributed by atoms with Crippen LogP contribution in [0.25, 0.3) is 11.1 Å². The first-order chi connectivity index (χ1) is 21.3. The maximum Gasteiger partial charge on any atom is 0.410 e. The molecule has 3 aromatic rings. The third-order valence-electron chi connectivity index (χ3n) is 8.60. The Kier molecular flexibility index (Phi) is 9.38. The topological polar surface area (TPSA) is 76.1 Å². The minimum absolute atomic E-state index is 0.156. The van der Waals surface area contributed by atoms with Gasteiger partial charge in [0.25, 0.3) is 0 Å². The van der Waals surface area contributed by atoms with Crippen LogP contribution in [0, 0.1) is 11.2 Å². The lowest BCUT2D eigenvalue weighted by Crippen LogP contribution is -2.36. The Morgan fingerprint density at radius 2 is 1.56 bits per heavy atom. The molecule has 1 aliphatic heterocycles. The summed E-state index contributed by atoms with van der Waals surface area (Å²) >= 11 is 0. The first-order valence-electron chi connectivity index (χ1n) is 16.0. The Balaban J connectivity index is 1.45. The summed E-state index contributed by atoms with van der Waals surface area (Å²) in [6.07, 6.45) is 5.06. The smallest absolute Gasteiger partial charge is 0.410 e. The van der Waals surface area contributed by atoms with Crippen LogP contribution in [0.2, 0.25) is 0 Å². The highest BCUT2D eigenvalue weighted by atomic mass is 19.1. The second kappa shape index (κ2) is 13.1. The van der Waals surface area contributed by atoms with Gasteiger partial charge in [0.1, 0.15) is 22.9 Å². The normalized spacial score (nSPS) is 15.5. The van der Waals surface area contributed by atoms with E-state index in [9.17, 15) is 14.7 Å². The molecule has 1 fully saturated rings. The SMILES string of the molecule is CC(C)(CCc1ccc(C2=C(c3ccc(O)cc3)c3ccc(OC(=O)C(C)(C)C)cc3CCC2)c(F)c1)OC(=O)N1CCCC1. The highest BCUT2D eigenvalue weighted by Crippen LogP contribution is 2.42. The van der Waals surface area contributed by atoms with Crippen molar-refractivity contribution in [3.8, 4) is 11.5 Å². The van der Waals surface area contributed by atoms with E-state index in [1.54, 1.807) is 29.2 Å². The molecule has 1 heterocycles. The zero-order valence-electron chi connectivity index (χ0n) is 27.0. The number of rotatable bonds is 7. The lowest BCUT2D eigenvalue weighted by molar-refractivity contribution is -0.143. The van der Waals surface area contributed by atoms with Gasteiger partial charge in [-0.15, -0.1) is 0 Å². The number of fused-ring (bicyclic) bond motifs is 1. The number of nitrogens with zero attached hydrogens (tertiary/aromatic N) is 1. The van der Waals surface area contributed by atoms with Crippen molar-refractivity contribution in [2.75, 3.05) is 13.1 Å². The number of allylic oxidation sites excluding steroid dienone is 1. The first kappa shape index (κ1) is 32.3. The Morgan fingerprint density at radius 1 is 0.867 bits per heavy atom. The van der Waals surface area contributed by atoms with E-state index in [1.165, 1.54) is 0 Å². The molecule has 0 bridgehead atoms. The number of halogens is 1. The number of esters is 1. The highest BCUT2D eigenvalue weighted by Gasteiger charge is 2.29. The van der Waals surface area contributed by atoms with Crippen LogP contribution >= 0.6 is 0 Å². The number of carbonyl (C=O) groups excluding carboxylic acids is 2. The Hall–Kier alpha value is -4.13. The Labute approximate surface area is 265 Å². The van der Waals surface area contributed by atoms with Gasteiger partial charge in [0.2, 0.25) is 0 Å². The van der Waals surface area contributed by atoms with Crippen LogP contribution in [0.5, 0.6) is 11.5 Å². The minimum atomic E-state index is -0.672. The number of hydrogen-bond donors (Lipinski definition) is 1. The highest BCUT2D eigenvalue weighted by molar-refractivity contribution is 6.00. The number of likely N-dealkylation sites (tertiary alicyclic amines) is 1.